The van der Waals surface area contributed by atoms with E-state index in [1.807, 2.05) is 6.07 Å². The van der Waals surface area contributed by atoms with E-state index in [1.165, 1.54) is 30.4 Å². The van der Waals surface area contributed by atoms with Crippen molar-refractivity contribution in [3.63, 3.8) is 0 Å². The number of hydrogen-bond acceptors (Lipinski definition) is 11. The van der Waals surface area contributed by atoms with Gasteiger partial charge in [-0.25, -0.2) is 4.79 Å². The summed E-state index contributed by atoms with van der Waals surface area (Å²) in [6, 6.07) is 5.79. The first-order chi connectivity index (χ1) is 14.8. The first-order valence-corrected chi connectivity index (χ1v) is 9.15. The number of ether oxygens (including phenoxy) is 3. The van der Waals surface area contributed by atoms with Gasteiger partial charge in [0.05, 0.1) is 24.9 Å². The van der Waals surface area contributed by atoms with Gasteiger partial charge < -0.3 is 44.8 Å². The van der Waals surface area contributed by atoms with Gasteiger partial charge in [0.1, 0.15) is 31.0 Å². The maximum absolute atomic E-state index is 11.8. The van der Waals surface area contributed by atoms with E-state index in [0.717, 1.165) is 6.08 Å². The summed E-state index contributed by atoms with van der Waals surface area (Å²) in [4.78, 5) is 11.8. The number of hydrogen-bond donors (Lipinski definition) is 6. The molecule has 0 saturated carbocycles. The second-order valence-corrected chi connectivity index (χ2v) is 6.56. The van der Waals surface area contributed by atoms with Crippen molar-refractivity contribution in [3.05, 3.63) is 41.5 Å². The van der Waals surface area contributed by atoms with Crippen LogP contribution in [0.25, 0.3) is 6.08 Å². The Hall–Kier alpha value is -2.98. The van der Waals surface area contributed by atoms with Crippen molar-refractivity contribution in [2.45, 2.75) is 30.7 Å². The molecular weight excluding hydrogens is 414 g/mol. The fourth-order valence-electron chi connectivity index (χ4n) is 2.59. The van der Waals surface area contributed by atoms with Gasteiger partial charge in [-0.15, -0.1) is 0 Å². The molecule has 1 saturated heterocycles. The number of phenols is 2. The summed E-state index contributed by atoms with van der Waals surface area (Å²) >= 11 is 0. The lowest BCUT2D eigenvalue weighted by Crippen LogP contribution is -2.59. The van der Waals surface area contributed by atoms with E-state index < -0.39 is 43.3 Å². The van der Waals surface area contributed by atoms with Gasteiger partial charge in [0.25, 0.3) is 0 Å². The Labute approximate surface area is 177 Å². The average molecular weight is 437 g/mol. The predicted octanol–water partition coefficient (Wildman–Crippen LogP) is -1.08. The molecule has 168 valence electrons. The molecule has 1 heterocycles. The normalized spacial score (nSPS) is 26.5. The van der Waals surface area contributed by atoms with Crippen LogP contribution < -0.4 is 0 Å². The Balaban J connectivity index is 1.84. The molecule has 0 amide bonds. The topological polar surface area (TPSA) is 190 Å². The van der Waals surface area contributed by atoms with Crippen LogP contribution in [0.3, 0.4) is 0 Å². The largest absolute Gasteiger partial charge is 0.504 e. The molecule has 31 heavy (non-hydrogen) atoms. The zero-order valence-corrected chi connectivity index (χ0v) is 16.2. The number of nitrogens with zero attached hydrogens (tertiary/aromatic N) is 1. The molecule has 1 fully saturated rings. The summed E-state index contributed by atoms with van der Waals surface area (Å²) in [6.07, 6.45) is -3.44. The number of carbonyl (C=O) groups excluding carboxylic acids is 1. The first kappa shape index (κ1) is 24.3. The lowest BCUT2D eigenvalue weighted by molar-refractivity contribution is -0.298. The van der Waals surface area contributed by atoms with E-state index in [-0.39, 0.29) is 30.3 Å². The third-order valence-electron chi connectivity index (χ3n) is 4.36. The fraction of sp³-hybridized carbons (Fsp3) is 0.400. The molecule has 0 unspecified atom stereocenters. The number of rotatable bonds is 8. The second-order valence-electron chi connectivity index (χ2n) is 6.56. The van der Waals surface area contributed by atoms with Crippen molar-refractivity contribution in [1.82, 2.24) is 0 Å². The number of phenolic OH excluding ortho intramolecular Hbond substituents is 2. The van der Waals surface area contributed by atoms with Gasteiger partial charge in [0.2, 0.25) is 0 Å². The van der Waals surface area contributed by atoms with E-state index in [4.69, 9.17) is 24.6 Å². The van der Waals surface area contributed by atoms with Crippen molar-refractivity contribution in [1.29, 1.82) is 5.26 Å². The van der Waals surface area contributed by atoms with Crippen molar-refractivity contribution in [2.24, 2.45) is 0 Å². The molecule has 11 heteroatoms. The molecular formula is C20H23NO10. The highest BCUT2D eigenvalue weighted by Crippen LogP contribution is 2.25. The van der Waals surface area contributed by atoms with Crippen LogP contribution in [0.4, 0.5) is 0 Å². The highest BCUT2D eigenvalue weighted by Gasteiger charge is 2.43. The van der Waals surface area contributed by atoms with Gasteiger partial charge in [-0.05, 0) is 29.8 Å². The van der Waals surface area contributed by atoms with Crippen LogP contribution in [0.15, 0.2) is 35.9 Å². The Morgan fingerprint density at radius 2 is 1.90 bits per heavy atom. The third-order valence-corrected chi connectivity index (χ3v) is 4.36. The van der Waals surface area contributed by atoms with E-state index in [0.29, 0.717) is 5.56 Å². The summed E-state index contributed by atoms with van der Waals surface area (Å²) in [5.74, 6) is -1.40. The molecule has 1 aromatic carbocycles. The van der Waals surface area contributed by atoms with Gasteiger partial charge in [0.15, 0.2) is 17.8 Å². The van der Waals surface area contributed by atoms with Crippen LogP contribution in [-0.2, 0) is 19.0 Å². The Kier molecular flexibility index (Phi) is 8.95. The summed E-state index contributed by atoms with van der Waals surface area (Å²) in [5.41, 5.74) is 0.477. The maximum atomic E-state index is 11.8. The van der Waals surface area contributed by atoms with Crippen LogP contribution in [0.2, 0.25) is 0 Å². The Morgan fingerprint density at radius 3 is 2.55 bits per heavy atom. The van der Waals surface area contributed by atoms with Crippen LogP contribution in [0, 0.1) is 11.3 Å². The van der Waals surface area contributed by atoms with Crippen LogP contribution in [0.1, 0.15) is 5.56 Å². The minimum absolute atomic E-state index is 0.0358. The summed E-state index contributed by atoms with van der Waals surface area (Å²) < 4.78 is 15.3. The standard InChI is InChI=1S/C20H23NO10/c21-8-12(5-6-29-20-19(28)18(27)17(26)15(9-22)31-20)10-30-16(25)4-2-11-1-3-13(23)14(24)7-11/h1-5,7,15,17-20,22-24,26-28H,6,9-10H2/b4-2+,12-5-/t15-,17-,18+,19-,20-/m1/s1. The maximum Gasteiger partial charge on any atom is 0.331 e. The summed E-state index contributed by atoms with van der Waals surface area (Å²) in [7, 11) is 0. The van der Waals surface area contributed by atoms with Crippen molar-refractivity contribution >= 4 is 12.0 Å². The third kappa shape index (κ3) is 6.76. The molecule has 0 bridgehead atoms. The number of aliphatic hydroxyl groups is 4. The van der Waals surface area contributed by atoms with Crippen LogP contribution >= 0.6 is 0 Å². The van der Waals surface area contributed by atoms with Gasteiger partial charge in [-0.3, -0.25) is 0 Å². The van der Waals surface area contributed by atoms with E-state index in [9.17, 15) is 30.3 Å². The number of nitriles is 1. The number of esters is 1. The molecule has 5 atom stereocenters. The minimum Gasteiger partial charge on any atom is -0.504 e. The monoisotopic (exact) mass is 437 g/mol. The Bertz CT molecular complexity index is 860. The average Bonchev–Trinajstić information content (AvgIpc) is 2.76. The minimum atomic E-state index is -1.58. The summed E-state index contributed by atoms with van der Waals surface area (Å²) in [5, 5.41) is 66.2. The lowest BCUT2D eigenvalue weighted by atomic mass is 9.99. The smallest absolute Gasteiger partial charge is 0.331 e. The SMILES string of the molecule is N#C/C(=C/CO[C@@H]1O[C@H](CO)[C@@H](O)[C@H](O)[C@H]1O)COC(=O)/C=C/c1ccc(O)c(O)c1. The van der Waals surface area contributed by atoms with Gasteiger partial charge in [-0.2, -0.15) is 5.26 Å². The Morgan fingerprint density at radius 1 is 1.16 bits per heavy atom. The van der Waals surface area contributed by atoms with E-state index in [2.05, 4.69) is 0 Å². The fourth-order valence-corrected chi connectivity index (χ4v) is 2.59. The van der Waals surface area contributed by atoms with Crippen molar-refractivity contribution in [3.8, 4) is 17.6 Å². The molecule has 11 nitrogen and oxygen atoms in total. The molecule has 1 aliphatic heterocycles. The van der Waals surface area contributed by atoms with Crippen LogP contribution in [-0.4, -0.2) is 87.1 Å². The zero-order valence-electron chi connectivity index (χ0n) is 16.2. The highest BCUT2D eigenvalue weighted by molar-refractivity contribution is 5.87. The molecule has 0 aromatic heterocycles. The number of benzene rings is 1. The molecule has 1 aliphatic rings. The van der Waals surface area contributed by atoms with Crippen molar-refractivity contribution in [2.75, 3.05) is 19.8 Å². The van der Waals surface area contributed by atoms with Gasteiger partial charge in [0, 0.05) is 6.08 Å². The van der Waals surface area contributed by atoms with Gasteiger partial charge >= 0.3 is 5.97 Å². The van der Waals surface area contributed by atoms with E-state index >= 15 is 0 Å². The van der Waals surface area contributed by atoms with Gasteiger partial charge in [-0.1, -0.05) is 6.07 Å². The zero-order chi connectivity index (χ0) is 23.0. The molecule has 2 rings (SSSR count). The summed E-state index contributed by atoms with van der Waals surface area (Å²) in [6.45, 7) is -1.21. The molecule has 1 aromatic rings. The van der Waals surface area contributed by atoms with Crippen LogP contribution in [0.5, 0.6) is 11.5 Å². The number of aromatic hydroxyl groups is 2. The molecule has 0 aliphatic carbocycles. The highest BCUT2D eigenvalue weighted by atomic mass is 16.7. The number of carbonyl (C=O) groups is 1. The van der Waals surface area contributed by atoms with Crippen molar-refractivity contribution < 1.29 is 49.6 Å². The molecule has 0 spiro atoms. The number of aliphatic hydroxyl groups excluding tert-OH is 4. The quantitative estimate of drug-likeness (QED) is 0.126. The van der Waals surface area contributed by atoms with E-state index in [1.54, 1.807) is 0 Å². The lowest BCUT2D eigenvalue weighted by Gasteiger charge is -2.39. The predicted molar refractivity (Wildman–Crippen MR) is 103 cm³/mol. The molecule has 6 N–H and O–H groups in total. The molecule has 0 radical (unpaired) electrons. The second kappa shape index (κ2) is 11.4. The first-order valence-electron chi connectivity index (χ1n) is 9.15.